The lowest BCUT2D eigenvalue weighted by Gasteiger charge is -2.32. The molecule has 1 N–H and O–H groups in total. The van der Waals surface area contributed by atoms with Crippen LogP contribution in [0.1, 0.15) is 13.3 Å². The molecule has 0 aliphatic carbocycles. The van der Waals surface area contributed by atoms with Gasteiger partial charge in [-0.2, -0.15) is 0 Å². The minimum Gasteiger partial charge on any atom is -0.468 e. The van der Waals surface area contributed by atoms with Crippen molar-refractivity contribution in [3.63, 3.8) is 0 Å². The van der Waals surface area contributed by atoms with E-state index in [9.17, 15) is 4.79 Å². The highest BCUT2D eigenvalue weighted by Gasteiger charge is 2.22. The molecule has 0 saturated carbocycles. The Morgan fingerprint density at radius 2 is 2.60 bits per heavy atom. The van der Waals surface area contributed by atoms with Gasteiger partial charge in [0.1, 0.15) is 0 Å². The number of carbonyl (C=O) groups excluding carboxylic acids is 1. The fourth-order valence-corrected chi connectivity index (χ4v) is 1.10. The fraction of sp³-hybridized carbons (Fsp3) is 0.857. The van der Waals surface area contributed by atoms with Crippen LogP contribution in [-0.4, -0.2) is 25.7 Å². The molecule has 0 amide bonds. The summed E-state index contributed by atoms with van der Waals surface area (Å²) in [6.45, 7) is 4.24. The molecule has 0 aromatic carbocycles. The van der Waals surface area contributed by atoms with Crippen LogP contribution in [0, 0.1) is 5.92 Å². The zero-order valence-corrected chi connectivity index (χ0v) is 6.17. The smallest absolute Gasteiger partial charge is 0.293 e. The monoisotopic (exact) mass is 143 g/mol. The molecule has 0 radical (unpaired) electrons. The maximum Gasteiger partial charge on any atom is 0.293 e. The van der Waals surface area contributed by atoms with Gasteiger partial charge in [-0.3, -0.25) is 4.79 Å². The van der Waals surface area contributed by atoms with Gasteiger partial charge in [0.05, 0.1) is 6.61 Å². The molecule has 1 saturated heterocycles. The predicted octanol–water partition coefficient (Wildman–Crippen LogP) is 0.157. The zero-order chi connectivity index (χ0) is 7.40. The average Bonchev–Trinajstić information content (AvgIpc) is 1.79. The Morgan fingerprint density at radius 3 is 3.00 bits per heavy atom. The van der Waals surface area contributed by atoms with Crippen molar-refractivity contribution >= 4 is 6.47 Å². The summed E-state index contributed by atoms with van der Waals surface area (Å²) < 4.78 is 4.63. The van der Waals surface area contributed by atoms with Crippen LogP contribution >= 0.6 is 0 Å². The van der Waals surface area contributed by atoms with Crippen molar-refractivity contribution in [1.82, 2.24) is 5.32 Å². The van der Waals surface area contributed by atoms with E-state index in [0.717, 1.165) is 6.54 Å². The van der Waals surface area contributed by atoms with Gasteiger partial charge in [0.2, 0.25) is 0 Å². The first kappa shape index (κ1) is 7.54. The molecule has 0 bridgehead atoms. The Hall–Kier alpha value is -0.570. The Morgan fingerprint density at radius 1 is 1.90 bits per heavy atom. The summed E-state index contributed by atoms with van der Waals surface area (Å²) in [5.74, 6) is 0.457. The predicted molar refractivity (Wildman–Crippen MR) is 37.6 cm³/mol. The molecule has 58 valence electrons. The second kappa shape index (κ2) is 3.56. The Balaban J connectivity index is 2.07. The highest BCUT2D eigenvalue weighted by Crippen LogP contribution is 2.12. The van der Waals surface area contributed by atoms with E-state index >= 15 is 0 Å². The molecule has 0 aromatic rings. The number of hydrogen-bond acceptors (Lipinski definition) is 3. The van der Waals surface area contributed by atoms with Crippen LogP contribution < -0.4 is 5.32 Å². The van der Waals surface area contributed by atoms with Gasteiger partial charge in [0.25, 0.3) is 6.47 Å². The Bertz CT molecular complexity index is 112. The minimum atomic E-state index is 0.457. The van der Waals surface area contributed by atoms with Crippen LogP contribution in [0.3, 0.4) is 0 Å². The van der Waals surface area contributed by atoms with Crippen molar-refractivity contribution in [1.29, 1.82) is 0 Å². The largest absolute Gasteiger partial charge is 0.468 e. The summed E-state index contributed by atoms with van der Waals surface area (Å²) >= 11 is 0. The maximum atomic E-state index is 9.80. The van der Waals surface area contributed by atoms with Crippen molar-refractivity contribution < 1.29 is 9.53 Å². The number of ether oxygens (including phenoxy) is 1. The van der Waals surface area contributed by atoms with Crippen LogP contribution in [0.25, 0.3) is 0 Å². The lowest BCUT2D eigenvalue weighted by molar-refractivity contribution is -0.130. The van der Waals surface area contributed by atoms with Gasteiger partial charge in [-0.1, -0.05) is 6.92 Å². The summed E-state index contributed by atoms with van der Waals surface area (Å²) in [6, 6.07) is 0.569. The molecule has 1 rings (SSSR count). The molecule has 1 aliphatic rings. The summed E-state index contributed by atoms with van der Waals surface area (Å²) in [6.07, 6.45) is 1.21. The third kappa shape index (κ3) is 1.70. The number of nitrogens with one attached hydrogen (secondary N) is 1. The van der Waals surface area contributed by atoms with Gasteiger partial charge < -0.3 is 10.1 Å². The van der Waals surface area contributed by atoms with E-state index in [-0.39, 0.29) is 0 Å². The molecule has 1 fully saturated rings. The normalized spacial score (nSPS) is 26.7. The summed E-state index contributed by atoms with van der Waals surface area (Å²) in [7, 11) is 0. The van der Waals surface area contributed by atoms with Gasteiger partial charge in [-0.25, -0.2) is 0 Å². The maximum absolute atomic E-state index is 9.80. The Kier molecular flexibility index (Phi) is 2.68. The number of rotatable bonds is 4. The van der Waals surface area contributed by atoms with Gasteiger partial charge in [-0.15, -0.1) is 0 Å². The quantitative estimate of drug-likeness (QED) is 0.569. The van der Waals surface area contributed by atoms with E-state index < -0.39 is 0 Å². The third-order valence-corrected chi connectivity index (χ3v) is 1.98. The second-order valence-electron chi connectivity index (χ2n) is 2.76. The molecule has 3 nitrogen and oxygen atoms in total. The molecular weight excluding hydrogens is 130 g/mol. The molecule has 1 heterocycles. The summed E-state index contributed by atoms with van der Waals surface area (Å²) in [5.41, 5.74) is 0. The van der Waals surface area contributed by atoms with Crippen molar-refractivity contribution in [3.05, 3.63) is 0 Å². The van der Waals surface area contributed by atoms with Crippen LogP contribution in [-0.2, 0) is 9.53 Å². The molecule has 1 aliphatic heterocycles. The zero-order valence-electron chi connectivity index (χ0n) is 6.17. The SMILES string of the molecule is CC(COC=O)C1CCN1. The average molecular weight is 143 g/mol. The van der Waals surface area contributed by atoms with E-state index in [4.69, 9.17) is 0 Å². The highest BCUT2D eigenvalue weighted by molar-refractivity contribution is 5.36. The second-order valence-corrected chi connectivity index (χ2v) is 2.76. The first-order valence-corrected chi connectivity index (χ1v) is 3.63. The topological polar surface area (TPSA) is 38.3 Å². The van der Waals surface area contributed by atoms with Gasteiger partial charge >= 0.3 is 0 Å². The van der Waals surface area contributed by atoms with Crippen molar-refractivity contribution in [2.24, 2.45) is 5.92 Å². The van der Waals surface area contributed by atoms with Crippen molar-refractivity contribution in [3.8, 4) is 0 Å². The molecule has 10 heavy (non-hydrogen) atoms. The van der Waals surface area contributed by atoms with Gasteiger partial charge in [0.15, 0.2) is 0 Å². The molecule has 3 heteroatoms. The van der Waals surface area contributed by atoms with Crippen LogP contribution in [0.2, 0.25) is 0 Å². The molecule has 2 unspecified atom stereocenters. The van der Waals surface area contributed by atoms with Gasteiger partial charge in [0, 0.05) is 12.0 Å². The molecular formula is C7H13NO2. The number of hydrogen-bond donors (Lipinski definition) is 1. The van der Waals surface area contributed by atoms with Crippen molar-refractivity contribution in [2.45, 2.75) is 19.4 Å². The highest BCUT2D eigenvalue weighted by atomic mass is 16.5. The van der Waals surface area contributed by atoms with Crippen LogP contribution in [0.5, 0.6) is 0 Å². The van der Waals surface area contributed by atoms with Crippen LogP contribution in [0.15, 0.2) is 0 Å². The standard InChI is InChI=1S/C7H13NO2/c1-6(4-10-5-9)7-2-3-8-7/h5-8H,2-4H2,1H3. The molecule has 2 atom stereocenters. The van der Waals surface area contributed by atoms with Crippen LogP contribution in [0.4, 0.5) is 0 Å². The van der Waals surface area contributed by atoms with E-state index in [1.807, 2.05) is 0 Å². The lowest BCUT2D eigenvalue weighted by Crippen LogP contribution is -2.48. The minimum absolute atomic E-state index is 0.457. The fourth-order valence-electron chi connectivity index (χ4n) is 1.10. The van der Waals surface area contributed by atoms with Crippen molar-refractivity contribution in [2.75, 3.05) is 13.2 Å². The summed E-state index contributed by atoms with van der Waals surface area (Å²) in [5, 5.41) is 3.26. The first-order chi connectivity index (χ1) is 4.84. The van der Waals surface area contributed by atoms with Gasteiger partial charge in [-0.05, 0) is 13.0 Å². The first-order valence-electron chi connectivity index (χ1n) is 3.63. The summed E-state index contributed by atoms with van der Waals surface area (Å²) in [4.78, 5) is 9.80. The Labute approximate surface area is 60.7 Å². The third-order valence-electron chi connectivity index (χ3n) is 1.98. The van der Waals surface area contributed by atoms with E-state index in [0.29, 0.717) is 25.0 Å². The van der Waals surface area contributed by atoms with E-state index in [2.05, 4.69) is 17.0 Å². The van der Waals surface area contributed by atoms with E-state index in [1.54, 1.807) is 0 Å². The number of carbonyl (C=O) groups is 1. The molecule has 0 spiro atoms. The lowest BCUT2D eigenvalue weighted by atomic mass is 9.94. The molecule has 0 aromatic heterocycles. The van der Waals surface area contributed by atoms with E-state index in [1.165, 1.54) is 6.42 Å².